The van der Waals surface area contributed by atoms with Gasteiger partial charge in [0.25, 0.3) is 5.91 Å². The molecule has 2 aliphatic heterocycles. The maximum atomic E-state index is 13.1. The van der Waals surface area contributed by atoms with Gasteiger partial charge >= 0.3 is 0 Å². The van der Waals surface area contributed by atoms with Crippen molar-refractivity contribution in [3.05, 3.63) is 77.6 Å². The SMILES string of the molecule is CC(C)S(=O)(=O)c1ccc(C(=O)N2CCC3(CC2)Oc2cc(CO)ccc2-n2cccc23)cc1. The Morgan fingerprint density at radius 1 is 1.09 bits per heavy atom. The van der Waals surface area contributed by atoms with E-state index in [1.54, 1.807) is 30.9 Å². The molecule has 1 amide bonds. The minimum atomic E-state index is -3.37. The van der Waals surface area contributed by atoms with Crippen molar-refractivity contribution in [2.24, 2.45) is 0 Å². The van der Waals surface area contributed by atoms with E-state index in [2.05, 4.69) is 10.6 Å². The number of ether oxygens (including phenoxy) is 1. The Kier molecular flexibility index (Phi) is 5.53. The van der Waals surface area contributed by atoms with Crippen molar-refractivity contribution in [3.8, 4) is 11.4 Å². The number of aromatic nitrogens is 1. The second kappa shape index (κ2) is 8.29. The third-order valence-corrected chi connectivity index (χ3v) is 9.07. The molecule has 1 N–H and O–H groups in total. The molecular formula is C26H28N2O5S. The fourth-order valence-corrected chi connectivity index (χ4v) is 5.89. The van der Waals surface area contributed by atoms with E-state index in [1.165, 1.54) is 12.1 Å². The summed E-state index contributed by atoms with van der Waals surface area (Å²) in [4.78, 5) is 15.2. The molecule has 2 aromatic carbocycles. The Morgan fingerprint density at radius 2 is 1.79 bits per heavy atom. The lowest BCUT2D eigenvalue weighted by molar-refractivity contribution is -0.00942. The Bertz CT molecular complexity index is 1330. The molecule has 178 valence electrons. The van der Waals surface area contributed by atoms with Crippen LogP contribution in [-0.4, -0.2) is 47.2 Å². The number of benzene rings is 2. The van der Waals surface area contributed by atoms with Crippen LogP contribution in [0.5, 0.6) is 5.75 Å². The van der Waals surface area contributed by atoms with Crippen LogP contribution < -0.4 is 4.74 Å². The van der Waals surface area contributed by atoms with Gasteiger partial charge in [-0.2, -0.15) is 0 Å². The second-order valence-electron chi connectivity index (χ2n) is 9.23. The smallest absolute Gasteiger partial charge is 0.253 e. The van der Waals surface area contributed by atoms with E-state index >= 15 is 0 Å². The maximum absolute atomic E-state index is 13.1. The van der Waals surface area contributed by atoms with E-state index in [0.717, 1.165) is 22.7 Å². The quantitative estimate of drug-likeness (QED) is 0.616. The zero-order valence-corrected chi connectivity index (χ0v) is 20.1. The minimum Gasteiger partial charge on any atom is -0.479 e. The lowest BCUT2D eigenvalue weighted by Gasteiger charge is -2.45. The monoisotopic (exact) mass is 480 g/mol. The first-order valence-corrected chi connectivity index (χ1v) is 13.0. The summed E-state index contributed by atoms with van der Waals surface area (Å²) in [6.45, 7) is 4.27. The molecule has 1 aromatic heterocycles. The number of likely N-dealkylation sites (tertiary alicyclic amines) is 1. The van der Waals surface area contributed by atoms with Crippen LogP contribution >= 0.6 is 0 Å². The maximum Gasteiger partial charge on any atom is 0.253 e. The van der Waals surface area contributed by atoms with Gasteiger partial charge in [0.2, 0.25) is 0 Å². The predicted molar refractivity (Wildman–Crippen MR) is 128 cm³/mol. The van der Waals surface area contributed by atoms with Crippen molar-refractivity contribution in [2.75, 3.05) is 13.1 Å². The Hall–Kier alpha value is -3.10. The van der Waals surface area contributed by atoms with Crippen molar-refractivity contribution in [1.82, 2.24) is 9.47 Å². The van der Waals surface area contributed by atoms with E-state index in [1.807, 2.05) is 30.5 Å². The topological polar surface area (TPSA) is 88.8 Å². The van der Waals surface area contributed by atoms with Gasteiger partial charge in [0.1, 0.15) is 5.75 Å². The van der Waals surface area contributed by atoms with Crippen LogP contribution in [0.4, 0.5) is 0 Å². The van der Waals surface area contributed by atoms with E-state index < -0.39 is 20.7 Å². The number of rotatable bonds is 4. The van der Waals surface area contributed by atoms with Gasteiger partial charge in [-0.25, -0.2) is 8.42 Å². The number of aliphatic hydroxyl groups excluding tert-OH is 1. The zero-order valence-electron chi connectivity index (χ0n) is 19.3. The molecule has 0 radical (unpaired) electrons. The molecule has 34 heavy (non-hydrogen) atoms. The van der Waals surface area contributed by atoms with Crippen molar-refractivity contribution in [3.63, 3.8) is 0 Å². The Morgan fingerprint density at radius 3 is 2.44 bits per heavy atom. The molecule has 5 rings (SSSR count). The number of sulfone groups is 1. The predicted octanol–water partition coefficient (Wildman–Crippen LogP) is 3.68. The molecule has 8 heteroatoms. The molecule has 0 atom stereocenters. The minimum absolute atomic E-state index is 0.0539. The van der Waals surface area contributed by atoms with Crippen molar-refractivity contribution < 1.29 is 23.1 Å². The first-order chi connectivity index (χ1) is 16.2. The van der Waals surface area contributed by atoms with Gasteiger partial charge in [0.15, 0.2) is 15.4 Å². The molecule has 3 aromatic rings. The summed E-state index contributed by atoms with van der Waals surface area (Å²) in [6.07, 6.45) is 3.28. The lowest BCUT2D eigenvalue weighted by Crippen LogP contribution is -2.50. The lowest BCUT2D eigenvalue weighted by atomic mass is 9.86. The van der Waals surface area contributed by atoms with E-state index in [-0.39, 0.29) is 17.4 Å². The highest BCUT2D eigenvalue weighted by molar-refractivity contribution is 7.92. The third-order valence-electron chi connectivity index (χ3n) is 6.90. The average molecular weight is 481 g/mol. The molecule has 0 aliphatic carbocycles. The largest absolute Gasteiger partial charge is 0.479 e. The first kappa shape index (κ1) is 22.7. The Labute approximate surface area is 199 Å². The highest BCUT2D eigenvalue weighted by Gasteiger charge is 2.44. The van der Waals surface area contributed by atoms with Crippen LogP contribution in [0.15, 0.2) is 65.7 Å². The van der Waals surface area contributed by atoms with Gasteiger partial charge in [-0.05, 0) is 67.9 Å². The van der Waals surface area contributed by atoms with E-state index in [9.17, 15) is 18.3 Å². The summed E-state index contributed by atoms with van der Waals surface area (Å²) in [6, 6.07) is 16.0. The van der Waals surface area contributed by atoms with E-state index in [0.29, 0.717) is 31.5 Å². The molecule has 3 heterocycles. The van der Waals surface area contributed by atoms with Crippen LogP contribution in [0.3, 0.4) is 0 Å². The third kappa shape index (κ3) is 3.61. The molecule has 1 spiro atoms. The summed E-state index contributed by atoms with van der Waals surface area (Å²) < 4.78 is 33.4. The van der Waals surface area contributed by atoms with Crippen molar-refractivity contribution >= 4 is 15.7 Å². The number of carbonyl (C=O) groups is 1. The summed E-state index contributed by atoms with van der Waals surface area (Å²) in [5.74, 6) is 0.620. The molecule has 0 bridgehead atoms. The number of piperidine rings is 1. The van der Waals surface area contributed by atoms with Crippen molar-refractivity contribution in [2.45, 2.75) is 49.0 Å². The highest BCUT2D eigenvalue weighted by Crippen LogP contribution is 2.45. The number of hydrogen-bond acceptors (Lipinski definition) is 5. The van der Waals surface area contributed by atoms with Crippen LogP contribution in [0.2, 0.25) is 0 Å². The molecule has 1 fully saturated rings. The number of aliphatic hydroxyl groups is 1. The summed E-state index contributed by atoms with van der Waals surface area (Å²) >= 11 is 0. The number of fused-ring (bicyclic) bond motifs is 4. The van der Waals surface area contributed by atoms with Crippen LogP contribution in [0.25, 0.3) is 5.69 Å². The normalized spacial score (nSPS) is 16.8. The Balaban J connectivity index is 1.35. The highest BCUT2D eigenvalue weighted by atomic mass is 32.2. The van der Waals surface area contributed by atoms with Gasteiger partial charge in [0.05, 0.1) is 28.1 Å². The van der Waals surface area contributed by atoms with Gasteiger partial charge in [0, 0.05) is 37.7 Å². The molecule has 2 aliphatic rings. The van der Waals surface area contributed by atoms with Crippen LogP contribution in [-0.2, 0) is 22.0 Å². The zero-order chi connectivity index (χ0) is 24.1. The first-order valence-electron chi connectivity index (χ1n) is 11.5. The number of hydrogen-bond donors (Lipinski definition) is 1. The number of nitrogens with zero attached hydrogens (tertiary/aromatic N) is 2. The molecule has 1 saturated heterocycles. The van der Waals surface area contributed by atoms with Gasteiger partial charge in [-0.15, -0.1) is 0 Å². The van der Waals surface area contributed by atoms with Crippen LogP contribution in [0.1, 0.15) is 48.3 Å². The number of carbonyl (C=O) groups excluding carboxylic acids is 1. The van der Waals surface area contributed by atoms with Gasteiger partial charge in [-0.1, -0.05) is 6.07 Å². The molecular weight excluding hydrogens is 452 g/mol. The standard InChI is InChI=1S/C26H28N2O5S/c1-18(2)34(31,32)21-8-6-20(7-9-21)25(30)27-14-11-26(12-15-27)24-4-3-13-28(24)22-10-5-19(17-29)16-23(22)33-26/h3-10,13,16,18,29H,11-12,14-15,17H2,1-2H3. The van der Waals surface area contributed by atoms with Crippen LogP contribution in [0, 0.1) is 0 Å². The average Bonchev–Trinajstić information content (AvgIpc) is 3.35. The van der Waals surface area contributed by atoms with Gasteiger partial charge in [-0.3, -0.25) is 4.79 Å². The fraction of sp³-hybridized carbons (Fsp3) is 0.346. The summed E-state index contributed by atoms with van der Waals surface area (Å²) in [7, 11) is -3.37. The summed E-state index contributed by atoms with van der Waals surface area (Å²) in [5, 5.41) is 9.04. The molecule has 7 nitrogen and oxygen atoms in total. The molecule has 0 saturated carbocycles. The van der Waals surface area contributed by atoms with Gasteiger partial charge < -0.3 is 19.3 Å². The number of amides is 1. The summed E-state index contributed by atoms with van der Waals surface area (Å²) in [5.41, 5.74) is 2.73. The van der Waals surface area contributed by atoms with Crippen molar-refractivity contribution in [1.29, 1.82) is 0 Å². The second-order valence-corrected chi connectivity index (χ2v) is 11.7. The van der Waals surface area contributed by atoms with E-state index in [4.69, 9.17) is 4.74 Å². The molecule has 0 unspecified atom stereocenters. The fourth-order valence-electron chi connectivity index (χ4n) is 4.83.